The van der Waals surface area contributed by atoms with Crippen molar-refractivity contribution in [2.45, 2.75) is 12.5 Å². The molecule has 17 heavy (non-hydrogen) atoms. The summed E-state index contributed by atoms with van der Waals surface area (Å²) in [6.45, 7) is 0.494. The maximum absolute atomic E-state index is 11.7. The predicted molar refractivity (Wildman–Crippen MR) is 58.4 cm³/mol. The lowest BCUT2D eigenvalue weighted by Crippen LogP contribution is -2.37. The smallest absolute Gasteiger partial charge is 0.272 e. The zero-order valence-electron chi connectivity index (χ0n) is 9.27. The van der Waals surface area contributed by atoms with E-state index >= 15 is 0 Å². The quantitative estimate of drug-likeness (QED) is 0.669. The summed E-state index contributed by atoms with van der Waals surface area (Å²) < 4.78 is 0. The van der Waals surface area contributed by atoms with Crippen molar-refractivity contribution in [3.05, 3.63) is 28.2 Å². The van der Waals surface area contributed by atoms with Crippen molar-refractivity contribution in [1.29, 1.82) is 0 Å². The Kier molecular flexibility index (Phi) is 2.90. The fourth-order valence-electron chi connectivity index (χ4n) is 1.69. The molecular weight excluding hydrogens is 224 g/mol. The van der Waals surface area contributed by atoms with Gasteiger partial charge in [0.05, 0.1) is 6.04 Å². The molecule has 0 spiro atoms. The normalized spacial score (nSPS) is 19.5. The fraction of sp³-hybridized carbons (Fsp3) is 0.400. The highest BCUT2D eigenvalue weighted by atomic mass is 16.2. The third-order valence-electron chi connectivity index (χ3n) is 2.59. The van der Waals surface area contributed by atoms with Crippen LogP contribution in [0.4, 0.5) is 0 Å². The third-order valence-corrected chi connectivity index (χ3v) is 2.59. The van der Waals surface area contributed by atoms with Gasteiger partial charge in [0, 0.05) is 26.1 Å². The summed E-state index contributed by atoms with van der Waals surface area (Å²) in [6.07, 6.45) is 0.297. The van der Waals surface area contributed by atoms with E-state index in [0.29, 0.717) is 13.0 Å². The molecule has 1 fully saturated rings. The number of nitrogens with one attached hydrogen (secondary N) is 2. The number of aromatic amines is 1. The largest absolute Gasteiger partial charge is 0.346 e. The number of likely N-dealkylation sites (N-methyl/N-ethyl adjacent to an activating group) is 1. The highest BCUT2D eigenvalue weighted by molar-refractivity contribution is 5.93. The minimum Gasteiger partial charge on any atom is -0.346 e. The van der Waals surface area contributed by atoms with Crippen LogP contribution >= 0.6 is 0 Å². The number of H-pyrrole nitrogens is 1. The van der Waals surface area contributed by atoms with Crippen molar-refractivity contribution in [3.8, 4) is 0 Å². The van der Waals surface area contributed by atoms with Crippen LogP contribution in [-0.4, -0.2) is 46.5 Å². The zero-order chi connectivity index (χ0) is 12.4. The maximum atomic E-state index is 11.7. The molecule has 7 heteroatoms. The lowest BCUT2D eigenvalue weighted by Gasteiger charge is -2.11. The molecule has 2 rings (SSSR count). The summed E-state index contributed by atoms with van der Waals surface area (Å²) in [5.74, 6) is -0.390. The third kappa shape index (κ3) is 2.49. The van der Waals surface area contributed by atoms with Crippen LogP contribution in [0.15, 0.2) is 16.9 Å². The van der Waals surface area contributed by atoms with Crippen LogP contribution in [0.3, 0.4) is 0 Å². The van der Waals surface area contributed by atoms with Crippen molar-refractivity contribution in [2.24, 2.45) is 0 Å². The van der Waals surface area contributed by atoms with Crippen molar-refractivity contribution in [1.82, 2.24) is 20.4 Å². The highest BCUT2D eigenvalue weighted by Crippen LogP contribution is 2.08. The first kappa shape index (κ1) is 11.3. The van der Waals surface area contributed by atoms with E-state index in [4.69, 9.17) is 0 Å². The summed E-state index contributed by atoms with van der Waals surface area (Å²) in [7, 11) is 1.69. The van der Waals surface area contributed by atoms with E-state index in [2.05, 4.69) is 15.5 Å². The molecule has 0 bridgehead atoms. The fourth-order valence-corrected chi connectivity index (χ4v) is 1.69. The molecule has 7 nitrogen and oxygen atoms in total. The van der Waals surface area contributed by atoms with Crippen molar-refractivity contribution >= 4 is 11.8 Å². The first-order chi connectivity index (χ1) is 8.06. The molecule has 1 saturated heterocycles. The first-order valence-corrected chi connectivity index (χ1v) is 5.17. The van der Waals surface area contributed by atoms with Crippen molar-refractivity contribution < 1.29 is 9.59 Å². The molecule has 0 aliphatic carbocycles. The highest BCUT2D eigenvalue weighted by Gasteiger charge is 2.28. The Morgan fingerprint density at radius 1 is 1.53 bits per heavy atom. The van der Waals surface area contributed by atoms with Gasteiger partial charge in [-0.1, -0.05) is 0 Å². The van der Waals surface area contributed by atoms with Gasteiger partial charge in [0.15, 0.2) is 0 Å². The molecule has 90 valence electrons. The Bertz CT molecular complexity index is 490. The van der Waals surface area contributed by atoms with Crippen LogP contribution in [0.2, 0.25) is 0 Å². The summed E-state index contributed by atoms with van der Waals surface area (Å²) in [5, 5.41) is 8.48. The van der Waals surface area contributed by atoms with E-state index in [1.807, 2.05) is 0 Å². The van der Waals surface area contributed by atoms with Gasteiger partial charge in [-0.05, 0) is 6.07 Å². The Morgan fingerprint density at radius 3 is 2.82 bits per heavy atom. The molecule has 2 amide bonds. The second-order valence-electron chi connectivity index (χ2n) is 3.96. The first-order valence-electron chi connectivity index (χ1n) is 5.17. The number of nitrogens with zero attached hydrogens (tertiary/aromatic N) is 2. The van der Waals surface area contributed by atoms with Gasteiger partial charge in [0.2, 0.25) is 5.91 Å². The summed E-state index contributed by atoms with van der Waals surface area (Å²) in [5.41, 5.74) is -0.232. The molecule has 1 atom stereocenters. The summed E-state index contributed by atoms with van der Waals surface area (Å²) in [6, 6.07) is 2.37. The lowest BCUT2D eigenvalue weighted by molar-refractivity contribution is -0.126. The Morgan fingerprint density at radius 2 is 2.29 bits per heavy atom. The molecule has 0 radical (unpaired) electrons. The van der Waals surface area contributed by atoms with Crippen LogP contribution in [0.5, 0.6) is 0 Å². The number of amides is 2. The molecular formula is C10H12N4O3. The monoisotopic (exact) mass is 236 g/mol. The van der Waals surface area contributed by atoms with Gasteiger partial charge in [-0.3, -0.25) is 14.4 Å². The Labute approximate surface area is 96.8 Å². The van der Waals surface area contributed by atoms with Gasteiger partial charge in [-0.2, -0.15) is 5.10 Å². The summed E-state index contributed by atoms with van der Waals surface area (Å²) in [4.78, 5) is 35.3. The van der Waals surface area contributed by atoms with Gasteiger partial charge in [0.25, 0.3) is 11.5 Å². The maximum Gasteiger partial charge on any atom is 0.272 e. The van der Waals surface area contributed by atoms with Gasteiger partial charge in [-0.15, -0.1) is 0 Å². The number of carbonyl (C=O) groups excluding carboxylic acids is 2. The van der Waals surface area contributed by atoms with Gasteiger partial charge in [0.1, 0.15) is 5.69 Å². The van der Waals surface area contributed by atoms with E-state index in [-0.39, 0.29) is 23.2 Å². The molecule has 1 aliphatic heterocycles. The number of hydrogen-bond donors (Lipinski definition) is 2. The van der Waals surface area contributed by atoms with E-state index in [9.17, 15) is 14.4 Å². The Hall–Kier alpha value is -2.18. The molecule has 1 aromatic rings. The molecule has 1 aliphatic rings. The summed E-state index contributed by atoms with van der Waals surface area (Å²) >= 11 is 0. The van der Waals surface area contributed by atoms with Crippen LogP contribution < -0.4 is 10.9 Å². The molecule has 2 N–H and O–H groups in total. The van der Waals surface area contributed by atoms with Crippen molar-refractivity contribution in [3.63, 3.8) is 0 Å². The van der Waals surface area contributed by atoms with E-state index in [0.717, 1.165) is 0 Å². The number of rotatable bonds is 2. The van der Waals surface area contributed by atoms with Gasteiger partial charge >= 0.3 is 0 Å². The van der Waals surface area contributed by atoms with E-state index < -0.39 is 5.91 Å². The SMILES string of the molecule is CN1CC(NC(=O)c2ccc(=O)[nH]n2)CC1=O. The molecule has 0 aromatic carbocycles. The van der Waals surface area contributed by atoms with E-state index in [1.54, 1.807) is 11.9 Å². The number of aromatic nitrogens is 2. The predicted octanol–water partition coefficient (Wildman–Crippen LogP) is -1.27. The van der Waals surface area contributed by atoms with Gasteiger partial charge in [-0.25, -0.2) is 5.10 Å². The average Bonchev–Trinajstić information content (AvgIpc) is 2.58. The second kappa shape index (κ2) is 4.36. The van der Waals surface area contributed by atoms with Crippen molar-refractivity contribution in [2.75, 3.05) is 13.6 Å². The van der Waals surface area contributed by atoms with Crippen LogP contribution in [0.25, 0.3) is 0 Å². The molecule has 1 unspecified atom stereocenters. The van der Waals surface area contributed by atoms with Gasteiger partial charge < -0.3 is 10.2 Å². The van der Waals surface area contributed by atoms with E-state index in [1.165, 1.54) is 12.1 Å². The average molecular weight is 236 g/mol. The number of carbonyl (C=O) groups is 2. The minimum absolute atomic E-state index is 0.00438. The molecule has 1 aromatic heterocycles. The number of hydrogen-bond acceptors (Lipinski definition) is 4. The zero-order valence-corrected chi connectivity index (χ0v) is 9.27. The molecule has 2 heterocycles. The van der Waals surface area contributed by atoms with Crippen LogP contribution in [0, 0.1) is 0 Å². The molecule has 0 saturated carbocycles. The Balaban J connectivity index is 2.00. The minimum atomic E-state index is -0.394. The van der Waals surface area contributed by atoms with Crippen LogP contribution in [0.1, 0.15) is 16.9 Å². The standard InChI is InChI=1S/C10H12N4O3/c1-14-5-6(4-9(14)16)11-10(17)7-2-3-8(15)13-12-7/h2-3,6H,4-5H2,1H3,(H,11,17)(H,13,15). The number of likely N-dealkylation sites (tertiary alicyclic amines) is 1. The topological polar surface area (TPSA) is 95.2 Å². The lowest BCUT2D eigenvalue weighted by atomic mass is 10.2. The second-order valence-corrected chi connectivity index (χ2v) is 3.96. The van der Waals surface area contributed by atoms with Crippen LogP contribution in [-0.2, 0) is 4.79 Å².